The Hall–Kier alpha value is -2.64. The quantitative estimate of drug-likeness (QED) is 0.0195. The Morgan fingerprint density at radius 2 is 0.945 bits per heavy atom. The van der Waals surface area contributed by atoms with E-state index < -0.39 is 49.5 Å². The molecule has 1 rings (SSSR count). The second kappa shape index (κ2) is 51.5. The van der Waals surface area contributed by atoms with Gasteiger partial charge >= 0.3 is 5.97 Å². The number of hydrogen-bond donors (Lipinski definition) is 6. The van der Waals surface area contributed by atoms with Gasteiger partial charge in [0, 0.05) is 12.8 Å². The van der Waals surface area contributed by atoms with Crippen LogP contribution < -0.4 is 5.32 Å². The molecule has 0 aromatic rings. The molecule has 1 heterocycles. The number of unbranched alkanes of at least 4 members (excludes halogenated alkanes) is 29. The van der Waals surface area contributed by atoms with E-state index in [1.165, 1.54) is 122 Å². The molecule has 0 aliphatic carbocycles. The second-order valence-corrected chi connectivity index (χ2v) is 20.7. The van der Waals surface area contributed by atoms with E-state index in [0.29, 0.717) is 19.4 Å². The molecule has 6 N–H and O–H groups in total. The smallest absolute Gasteiger partial charge is 0.305 e. The molecule has 0 spiro atoms. The lowest BCUT2D eigenvalue weighted by Gasteiger charge is -2.40. The first-order valence-electron chi connectivity index (χ1n) is 30.1. The molecule has 1 amide bonds. The van der Waals surface area contributed by atoms with Gasteiger partial charge in [-0.3, -0.25) is 9.59 Å². The van der Waals surface area contributed by atoms with E-state index in [2.05, 4.69) is 67.8 Å². The number of aliphatic hydroxyl groups excluding tert-OH is 5. The van der Waals surface area contributed by atoms with Crippen molar-refractivity contribution >= 4 is 11.9 Å². The van der Waals surface area contributed by atoms with Crippen molar-refractivity contribution in [1.82, 2.24) is 5.32 Å². The molecule has 0 saturated carbocycles. The van der Waals surface area contributed by atoms with Crippen LogP contribution in [0.5, 0.6) is 0 Å². The summed E-state index contributed by atoms with van der Waals surface area (Å²) >= 11 is 0. The molecule has 1 aliphatic rings. The molecule has 7 unspecified atom stereocenters. The molecule has 1 saturated heterocycles. The first-order valence-corrected chi connectivity index (χ1v) is 30.1. The largest absolute Gasteiger partial charge is 0.466 e. The first-order chi connectivity index (χ1) is 35.7. The second-order valence-electron chi connectivity index (χ2n) is 20.7. The van der Waals surface area contributed by atoms with Gasteiger partial charge in [0.2, 0.25) is 5.91 Å². The van der Waals surface area contributed by atoms with Crippen LogP contribution in [0.3, 0.4) is 0 Å². The Labute approximate surface area is 446 Å². The highest BCUT2D eigenvalue weighted by atomic mass is 16.7. The van der Waals surface area contributed by atoms with E-state index in [1.54, 1.807) is 6.08 Å². The maximum atomic E-state index is 13.0. The van der Waals surface area contributed by atoms with Crippen LogP contribution in [-0.2, 0) is 23.8 Å². The van der Waals surface area contributed by atoms with Crippen LogP contribution in [0.4, 0.5) is 0 Å². The number of nitrogens with one attached hydrogen (secondary N) is 1. The van der Waals surface area contributed by atoms with Crippen molar-refractivity contribution in [2.45, 2.75) is 301 Å². The minimum Gasteiger partial charge on any atom is -0.466 e. The molecule has 0 aromatic carbocycles. The summed E-state index contributed by atoms with van der Waals surface area (Å²) in [6.07, 6.45) is 55.8. The maximum absolute atomic E-state index is 13.0. The van der Waals surface area contributed by atoms with E-state index >= 15 is 0 Å². The highest BCUT2D eigenvalue weighted by Crippen LogP contribution is 2.23. The molecular weight excluding hydrogens is 919 g/mol. The van der Waals surface area contributed by atoms with Gasteiger partial charge in [-0.15, -0.1) is 0 Å². The Balaban J connectivity index is 2.16. The molecule has 11 nitrogen and oxygen atoms in total. The molecule has 0 aromatic heterocycles. The average Bonchev–Trinajstić information content (AvgIpc) is 3.39. The minimum absolute atomic E-state index is 0.0483. The predicted octanol–water partition coefficient (Wildman–Crippen LogP) is 13.8. The number of hydrogen-bond acceptors (Lipinski definition) is 10. The van der Waals surface area contributed by atoms with Gasteiger partial charge in [-0.1, -0.05) is 209 Å². The Morgan fingerprint density at radius 3 is 1.44 bits per heavy atom. The topological polar surface area (TPSA) is 175 Å². The van der Waals surface area contributed by atoms with Crippen molar-refractivity contribution in [3.05, 3.63) is 60.8 Å². The Morgan fingerprint density at radius 1 is 0.507 bits per heavy atom. The van der Waals surface area contributed by atoms with Gasteiger partial charge in [-0.25, -0.2) is 0 Å². The molecule has 0 bridgehead atoms. The number of carbonyl (C=O) groups is 2. The summed E-state index contributed by atoms with van der Waals surface area (Å²) in [5.41, 5.74) is 0. The van der Waals surface area contributed by atoms with Crippen LogP contribution in [0, 0.1) is 0 Å². The van der Waals surface area contributed by atoms with Crippen LogP contribution in [0.15, 0.2) is 60.8 Å². The third-order valence-corrected chi connectivity index (χ3v) is 13.8. The van der Waals surface area contributed by atoms with Crippen LogP contribution in [0.1, 0.15) is 258 Å². The normalized spacial score (nSPS) is 19.4. The van der Waals surface area contributed by atoms with Crippen molar-refractivity contribution in [2.24, 2.45) is 0 Å². The van der Waals surface area contributed by atoms with Gasteiger partial charge in [0.15, 0.2) is 6.29 Å². The lowest BCUT2D eigenvalue weighted by molar-refractivity contribution is -0.302. The van der Waals surface area contributed by atoms with E-state index in [9.17, 15) is 35.1 Å². The summed E-state index contributed by atoms with van der Waals surface area (Å²) in [6, 6.07) is -0.824. The van der Waals surface area contributed by atoms with E-state index in [4.69, 9.17) is 14.2 Å². The third kappa shape index (κ3) is 41.2. The molecule has 0 radical (unpaired) electrons. The molecular formula is C62H111NO10. The third-order valence-electron chi connectivity index (χ3n) is 13.8. The fraction of sp³-hybridized carbons (Fsp3) is 0.806. The highest BCUT2D eigenvalue weighted by Gasteiger charge is 2.44. The van der Waals surface area contributed by atoms with Gasteiger partial charge in [0.25, 0.3) is 0 Å². The van der Waals surface area contributed by atoms with Crippen LogP contribution in [0.2, 0.25) is 0 Å². The van der Waals surface area contributed by atoms with Crippen LogP contribution >= 0.6 is 0 Å². The zero-order valence-corrected chi connectivity index (χ0v) is 46.6. The summed E-state index contributed by atoms with van der Waals surface area (Å²) in [5.74, 6) is -0.247. The van der Waals surface area contributed by atoms with Gasteiger partial charge in [0.1, 0.15) is 24.4 Å². The first kappa shape index (κ1) is 68.4. The molecule has 73 heavy (non-hydrogen) atoms. The monoisotopic (exact) mass is 1030 g/mol. The number of amides is 1. The molecule has 7 atom stereocenters. The van der Waals surface area contributed by atoms with Gasteiger partial charge in [-0.05, 0) is 96.3 Å². The van der Waals surface area contributed by atoms with Crippen molar-refractivity contribution < 1.29 is 49.3 Å². The van der Waals surface area contributed by atoms with E-state index in [-0.39, 0.29) is 18.5 Å². The van der Waals surface area contributed by atoms with Crippen molar-refractivity contribution in [3.8, 4) is 0 Å². The summed E-state index contributed by atoms with van der Waals surface area (Å²) in [7, 11) is 0. The summed E-state index contributed by atoms with van der Waals surface area (Å²) in [4.78, 5) is 25.1. The van der Waals surface area contributed by atoms with Crippen molar-refractivity contribution in [1.29, 1.82) is 0 Å². The number of esters is 1. The fourth-order valence-corrected chi connectivity index (χ4v) is 9.03. The summed E-state index contributed by atoms with van der Waals surface area (Å²) in [5, 5.41) is 54.4. The molecule has 11 heteroatoms. The lowest BCUT2D eigenvalue weighted by Crippen LogP contribution is -2.60. The highest BCUT2D eigenvalue weighted by molar-refractivity contribution is 5.76. The number of aliphatic hydroxyl groups is 5. The fourth-order valence-electron chi connectivity index (χ4n) is 9.03. The number of rotatable bonds is 51. The minimum atomic E-state index is -1.58. The number of allylic oxidation sites excluding steroid dienone is 9. The average molecular weight is 1030 g/mol. The van der Waals surface area contributed by atoms with Gasteiger partial charge in [0.05, 0.1) is 32.0 Å². The van der Waals surface area contributed by atoms with Crippen molar-refractivity contribution in [3.63, 3.8) is 0 Å². The van der Waals surface area contributed by atoms with Crippen molar-refractivity contribution in [2.75, 3.05) is 19.8 Å². The van der Waals surface area contributed by atoms with E-state index in [1.807, 2.05) is 6.08 Å². The lowest BCUT2D eigenvalue weighted by atomic mass is 9.99. The molecule has 424 valence electrons. The van der Waals surface area contributed by atoms with Crippen LogP contribution in [-0.4, -0.2) is 100 Å². The Kier molecular flexibility index (Phi) is 48.2. The molecule has 1 fully saturated rings. The number of ether oxygens (including phenoxy) is 3. The van der Waals surface area contributed by atoms with Crippen LogP contribution in [0.25, 0.3) is 0 Å². The zero-order valence-electron chi connectivity index (χ0n) is 46.6. The number of carbonyl (C=O) groups excluding carboxylic acids is 2. The standard InChI is InChI=1S/C62H111NO10/c1-3-5-7-9-11-13-15-17-21-25-28-32-36-40-44-48-55(65)54(53-72-62-61(70)60(69)59(68)56(52-64)73-62)63-57(66)49-45-41-37-33-29-26-22-19-18-20-23-27-31-35-39-43-47-51-71-58(67)50-46-42-38-34-30-24-16-14-12-10-8-6-4-2/h8,10,14,16,18,20,27,31,44,48,54-56,59-62,64-65,68-70H,3-7,9,11-13,15,17,19,21-26,28-30,32-43,45-47,49-53H2,1-2H3,(H,63,66)/b10-8-,16-14-,20-18-,31-27-,48-44+. The predicted molar refractivity (Wildman–Crippen MR) is 301 cm³/mol. The summed E-state index contributed by atoms with van der Waals surface area (Å²) < 4.78 is 16.7. The summed E-state index contributed by atoms with van der Waals surface area (Å²) in [6.45, 7) is 4.22. The SMILES string of the molecule is CCC/C=C\C/C=C\CCCCCCCC(=O)OCCCCC/C=C\C/C=C\CCCCCCCCCC(=O)NC(COC1OC(CO)C(O)C(O)C1O)C(O)/C=C/CCCCCCCCCCCCCCC. The van der Waals surface area contributed by atoms with Gasteiger partial charge < -0.3 is 45.1 Å². The maximum Gasteiger partial charge on any atom is 0.305 e. The molecule has 1 aliphatic heterocycles. The van der Waals surface area contributed by atoms with E-state index in [0.717, 1.165) is 109 Å². The Bertz CT molecular complexity index is 1400. The van der Waals surface area contributed by atoms with Gasteiger partial charge in [-0.2, -0.15) is 0 Å². The zero-order chi connectivity index (χ0) is 53.1.